The van der Waals surface area contributed by atoms with E-state index in [4.69, 9.17) is 5.26 Å². The molecule has 0 aromatic heterocycles. The number of nitrogens with zero attached hydrogens (tertiary/aromatic N) is 1. The van der Waals surface area contributed by atoms with Crippen molar-refractivity contribution in [3.8, 4) is 6.07 Å². The van der Waals surface area contributed by atoms with Crippen molar-refractivity contribution in [2.75, 3.05) is 5.32 Å². The van der Waals surface area contributed by atoms with E-state index in [1.807, 2.05) is 30.3 Å². The van der Waals surface area contributed by atoms with Crippen molar-refractivity contribution >= 4 is 37.5 Å². The number of hydrogen-bond donors (Lipinski definition) is 1. The molecule has 4 heteroatoms. The van der Waals surface area contributed by atoms with Crippen molar-refractivity contribution < 1.29 is 0 Å². The highest BCUT2D eigenvalue weighted by Gasteiger charge is 2.02. The van der Waals surface area contributed by atoms with Gasteiger partial charge < -0.3 is 5.32 Å². The summed E-state index contributed by atoms with van der Waals surface area (Å²) in [5, 5.41) is 12.3. The molecular formula is C14H10Br2N2. The van der Waals surface area contributed by atoms with Gasteiger partial charge in [0.2, 0.25) is 0 Å². The molecule has 0 radical (unpaired) electrons. The largest absolute Gasteiger partial charge is 0.380 e. The van der Waals surface area contributed by atoms with Crippen LogP contribution >= 0.6 is 31.9 Å². The monoisotopic (exact) mass is 364 g/mol. The molecule has 0 aliphatic rings. The molecule has 0 saturated carbocycles. The van der Waals surface area contributed by atoms with Gasteiger partial charge in [0.25, 0.3) is 0 Å². The fourth-order valence-electron chi connectivity index (χ4n) is 1.60. The molecule has 0 aliphatic carbocycles. The summed E-state index contributed by atoms with van der Waals surface area (Å²) in [6.45, 7) is 0.685. The molecule has 0 fully saturated rings. The Labute approximate surface area is 123 Å². The third-order valence-electron chi connectivity index (χ3n) is 2.47. The molecule has 0 spiro atoms. The van der Waals surface area contributed by atoms with Crippen molar-refractivity contribution in [1.82, 2.24) is 0 Å². The summed E-state index contributed by atoms with van der Waals surface area (Å²) in [6.07, 6.45) is 0. The van der Waals surface area contributed by atoms with Gasteiger partial charge in [-0.15, -0.1) is 0 Å². The Hall–Kier alpha value is -1.31. The highest BCUT2D eigenvalue weighted by molar-refractivity contribution is 9.10. The summed E-state index contributed by atoms with van der Waals surface area (Å²) in [4.78, 5) is 0. The van der Waals surface area contributed by atoms with Gasteiger partial charge in [0.15, 0.2) is 0 Å². The standard InChI is InChI=1S/C14H10Br2N2/c15-12-3-1-2-10(6-12)9-18-14-7-13(16)5-4-11(14)8-17/h1-7,18H,9H2. The van der Waals surface area contributed by atoms with Gasteiger partial charge in [0.05, 0.1) is 11.3 Å². The molecule has 0 saturated heterocycles. The predicted molar refractivity (Wildman–Crippen MR) is 80.3 cm³/mol. The van der Waals surface area contributed by atoms with Gasteiger partial charge >= 0.3 is 0 Å². The topological polar surface area (TPSA) is 35.8 Å². The second-order valence-corrected chi connectivity index (χ2v) is 5.62. The molecule has 0 bridgehead atoms. The van der Waals surface area contributed by atoms with Gasteiger partial charge in [-0.05, 0) is 35.9 Å². The molecule has 90 valence electrons. The van der Waals surface area contributed by atoms with Gasteiger partial charge in [-0.2, -0.15) is 5.26 Å². The van der Waals surface area contributed by atoms with Gasteiger partial charge in [-0.3, -0.25) is 0 Å². The first-order chi connectivity index (χ1) is 8.69. The van der Waals surface area contributed by atoms with E-state index in [0.717, 1.165) is 20.2 Å². The second-order valence-electron chi connectivity index (χ2n) is 3.79. The molecule has 2 aromatic carbocycles. The lowest BCUT2D eigenvalue weighted by Crippen LogP contribution is -2.01. The van der Waals surface area contributed by atoms with E-state index in [9.17, 15) is 0 Å². The number of nitriles is 1. The molecule has 0 aliphatic heterocycles. The van der Waals surface area contributed by atoms with Gasteiger partial charge in [0, 0.05) is 15.5 Å². The van der Waals surface area contributed by atoms with E-state index in [0.29, 0.717) is 12.1 Å². The minimum absolute atomic E-state index is 0.646. The summed E-state index contributed by atoms with van der Waals surface area (Å²) >= 11 is 6.85. The molecule has 0 heterocycles. The zero-order valence-corrected chi connectivity index (χ0v) is 12.6. The molecule has 0 atom stereocenters. The number of anilines is 1. The van der Waals surface area contributed by atoms with Crippen LogP contribution in [0.15, 0.2) is 51.4 Å². The Bertz CT molecular complexity index is 603. The molecule has 0 unspecified atom stereocenters. The van der Waals surface area contributed by atoms with Crippen LogP contribution in [0.5, 0.6) is 0 Å². The van der Waals surface area contributed by atoms with E-state index in [2.05, 4.69) is 49.3 Å². The average Bonchev–Trinajstić information content (AvgIpc) is 2.37. The predicted octanol–water partition coefficient (Wildman–Crippen LogP) is 4.70. The summed E-state index contributed by atoms with van der Waals surface area (Å²) < 4.78 is 2.01. The average molecular weight is 366 g/mol. The zero-order chi connectivity index (χ0) is 13.0. The fourth-order valence-corrected chi connectivity index (χ4v) is 2.41. The normalized spacial score (nSPS) is 9.83. The van der Waals surface area contributed by atoms with Crippen LogP contribution < -0.4 is 5.32 Å². The van der Waals surface area contributed by atoms with Crippen LogP contribution in [0.1, 0.15) is 11.1 Å². The number of benzene rings is 2. The van der Waals surface area contributed by atoms with Crippen molar-refractivity contribution in [1.29, 1.82) is 5.26 Å². The molecule has 0 amide bonds. The van der Waals surface area contributed by atoms with E-state index >= 15 is 0 Å². The Morgan fingerprint density at radius 3 is 2.56 bits per heavy atom. The summed E-state index contributed by atoms with van der Waals surface area (Å²) in [7, 11) is 0. The van der Waals surface area contributed by atoms with Crippen LogP contribution in [0.3, 0.4) is 0 Å². The smallest absolute Gasteiger partial charge is 0.101 e. The molecule has 18 heavy (non-hydrogen) atoms. The number of rotatable bonds is 3. The molecule has 2 aromatic rings. The third kappa shape index (κ3) is 3.34. The van der Waals surface area contributed by atoms with Crippen molar-refractivity contribution in [2.24, 2.45) is 0 Å². The molecule has 1 N–H and O–H groups in total. The minimum Gasteiger partial charge on any atom is -0.380 e. The first-order valence-electron chi connectivity index (χ1n) is 5.37. The lowest BCUT2D eigenvalue weighted by molar-refractivity contribution is 1.14. The van der Waals surface area contributed by atoms with Crippen LogP contribution in [-0.4, -0.2) is 0 Å². The second kappa shape index (κ2) is 6.03. The van der Waals surface area contributed by atoms with Gasteiger partial charge in [-0.25, -0.2) is 0 Å². The quantitative estimate of drug-likeness (QED) is 0.855. The number of hydrogen-bond acceptors (Lipinski definition) is 2. The Morgan fingerprint density at radius 1 is 1.06 bits per heavy atom. The van der Waals surface area contributed by atoms with Crippen LogP contribution in [-0.2, 0) is 6.54 Å². The van der Waals surface area contributed by atoms with Crippen molar-refractivity contribution in [2.45, 2.75) is 6.54 Å². The summed E-state index contributed by atoms with van der Waals surface area (Å²) in [5.74, 6) is 0. The van der Waals surface area contributed by atoms with Crippen LogP contribution in [0, 0.1) is 11.3 Å². The van der Waals surface area contributed by atoms with E-state index in [-0.39, 0.29) is 0 Å². The molecule has 2 rings (SSSR count). The van der Waals surface area contributed by atoms with Crippen LogP contribution in [0.2, 0.25) is 0 Å². The summed E-state index contributed by atoms with van der Waals surface area (Å²) in [5.41, 5.74) is 2.65. The van der Waals surface area contributed by atoms with E-state index in [1.54, 1.807) is 6.07 Å². The maximum atomic E-state index is 9.04. The number of halogens is 2. The maximum absolute atomic E-state index is 9.04. The Balaban J connectivity index is 2.15. The summed E-state index contributed by atoms with van der Waals surface area (Å²) in [6, 6.07) is 15.8. The van der Waals surface area contributed by atoms with E-state index in [1.165, 1.54) is 0 Å². The number of nitrogens with one attached hydrogen (secondary N) is 1. The van der Waals surface area contributed by atoms with E-state index < -0.39 is 0 Å². The maximum Gasteiger partial charge on any atom is 0.101 e. The van der Waals surface area contributed by atoms with Crippen LogP contribution in [0.25, 0.3) is 0 Å². The Kier molecular flexibility index (Phi) is 4.40. The first kappa shape index (κ1) is 13.1. The first-order valence-corrected chi connectivity index (χ1v) is 6.95. The SMILES string of the molecule is N#Cc1ccc(Br)cc1NCc1cccc(Br)c1. The van der Waals surface area contributed by atoms with Gasteiger partial charge in [-0.1, -0.05) is 44.0 Å². The lowest BCUT2D eigenvalue weighted by Gasteiger charge is -2.09. The lowest BCUT2D eigenvalue weighted by atomic mass is 10.1. The third-order valence-corrected chi connectivity index (χ3v) is 3.46. The van der Waals surface area contributed by atoms with Crippen molar-refractivity contribution in [3.63, 3.8) is 0 Å². The molecule has 2 nitrogen and oxygen atoms in total. The minimum atomic E-state index is 0.646. The van der Waals surface area contributed by atoms with Crippen molar-refractivity contribution in [3.05, 3.63) is 62.5 Å². The van der Waals surface area contributed by atoms with Crippen LogP contribution in [0.4, 0.5) is 5.69 Å². The Morgan fingerprint density at radius 2 is 1.83 bits per heavy atom. The fraction of sp³-hybridized carbons (Fsp3) is 0.0714. The highest BCUT2D eigenvalue weighted by atomic mass is 79.9. The highest BCUT2D eigenvalue weighted by Crippen LogP contribution is 2.22. The molecular weight excluding hydrogens is 356 g/mol. The van der Waals surface area contributed by atoms with Gasteiger partial charge in [0.1, 0.15) is 6.07 Å². The zero-order valence-electron chi connectivity index (χ0n) is 9.45.